The van der Waals surface area contributed by atoms with E-state index in [2.05, 4.69) is 10.6 Å². The van der Waals surface area contributed by atoms with Crippen LogP contribution in [0.2, 0.25) is 0 Å². The molecule has 7 heteroatoms. The van der Waals surface area contributed by atoms with E-state index in [4.69, 9.17) is 0 Å². The van der Waals surface area contributed by atoms with E-state index in [1.165, 1.54) is 10.6 Å². The summed E-state index contributed by atoms with van der Waals surface area (Å²) in [4.78, 5) is 12.0. The van der Waals surface area contributed by atoms with E-state index in [1.807, 2.05) is 24.3 Å². The Labute approximate surface area is 124 Å². The summed E-state index contributed by atoms with van der Waals surface area (Å²) in [6, 6.07) is 7.46. The minimum atomic E-state index is -3.11. The summed E-state index contributed by atoms with van der Waals surface area (Å²) in [6.45, 7) is 1.01. The number of sulfonamides is 1. The topological polar surface area (TPSA) is 78.5 Å². The molecule has 2 aliphatic heterocycles. The molecule has 0 saturated carbocycles. The number of hydrogen-bond donors (Lipinski definition) is 2. The Hall–Kier alpha value is -1.44. The largest absolute Gasteiger partial charge is 0.324 e. The third-order valence-electron chi connectivity index (χ3n) is 4.12. The number of nitrogens with zero attached hydrogens (tertiary/aromatic N) is 1. The summed E-state index contributed by atoms with van der Waals surface area (Å²) in [6.07, 6.45) is 2.68. The van der Waals surface area contributed by atoms with Crippen molar-refractivity contribution in [1.82, 2.24) is 9.62 Å². The average Bonchev–Trinajstić information content (AvgIpc) is 2.75. The molecular weight excluding hydrogens is 290 g/mol. The molecule has 21 heavy (non-hydrogen) atoms. The van der Waals surface area contributed by atoms with Gasteiger partial charge in [-0.3, -0.25) is 10.1 Å². The molecule has 1 aromatic rings. The molecule has 1 amide bonds. The Morgan fingerprint density at radius 1 is 1.24 bits per heavy atom. The third kappa shape index (κ3) is 2.95. The van der Waals surface area contributed by atoms with Crippen molar-refractivity contribution in [3.05, 3.63) is 29.8 Å². The van der Waals surface area contributed by atoms with Crippen molar-refractivity contribution < 1.29 is 13.2 Å². The molecular formula is C14H19N3O3S. The Morgan fingerprint density at radius 3 is 2.57 bits per heavy atom. The number of benzene rings is 1. The quantitative estimate of drug-likeness (QED) is 0.861. The van der Waals surface area contributed by atoms with Gasteiger partial charge in [-0.15, -0.1) is 0 Å². The predicted molar refractivity (Wildman–Crippen MR) is 80.4 cm³/mol. The Morgan fingerprint density at radius 2 is 1.90 bits per heavy atom. The molecule has 6 nitrogen and oxygen atoms in total. The van der Waals surface area contributed by atoms with Gasteiger partial charge in [-0.05, 0) is 18.9 Å². The van der Waals surface area contributed by atoms with Crippen LogP contribution >= 0.6 is 0 Å². The van der Waals surface area contributed by atoms with Crippen molar-refractivity contribution in [2.75, 3.05) is 24.7 Å². The van der Waals surface area contributed by atoms with E-state index in [-0.39, 0.29) is 18.0 Å². The zero-order valence-corrected chi connectivity index (χ0v) is 12.7. The normalized spacial score (nSPS) is 23.9. The Balaban J connectivity index is 1.65. The van der Waals surface area contributed by atoms with Gasteiger partial charge >= 0.3 is 0 Å². The van der Waals surface area contributed by atoms with Crippen LogP contribution in [0.15, 0.2) is 24.3 Å². The fourth-order valence-corrected chi connectivity index (χ4v) is 3.84. The molecule has 1 saturated heterocycles. The maximum Gasteiger partial charge on any atom is 0.246 e. The number of amides is 1. The van der Waals surface area contributed by atoms with Gasteiger partial charge in [-0.2, -0.15) is 0 Å². The van der Waals surface area contributed by atoms with Crippen LogP contribution in [-0.4, -0.2) is 44.0 Å². The highest BCUT2D eigenvalue weighted by atomic mass is 32.2. The van der Waals surface area contributed by atoms with E-state index >= 15 is 0 Å². The molecule has 2 N–H and O–H groups in total. The lowest BCUT2D eigenvalue weighted by Crippen LogP contribution is -2.46. The maximum absolute atomic E-state index is 12.0. The van der Waals surface area contributed by atoms with Gasteiger partial charge in [0.15, 0.2) is 0 Å². The first kappa shape index (κ1) is 14.5. The second-order valence-corrected chi connectivity index (χ2v) is 7.59. The number of anilines is 1. The Kier molecular flexibility index (Phi) is 3.73. The summed E-state index contributed by atoms with van der Waals surface area (Å²) in [5.41, 5.74) is 1.82. The van der Waals surface area contributed by atoms with Crippen LogP contribution in [0.5, 0.6) is 0 Å². The number of nitrogens with one attached hydrogen (secondary N) is 2. The molecule has 0 radical (unpaired) electrons. The highest BCUT2D eigenvalue weighted by Crippen LogP contribution is 2.31. The lowest BCUT2D eigenvalue weighted by atomic mass is 10.0. The number of para-hydroxylation sites is 1. The van der Waals surface area contributed by atoms with E-state index in [0.29, 0.717) is 13.1 Å². The summed E-state index contributed by atoms with van der Waals surface area (Å²) in [5, 5.41) is 6.22. The predicted octanol–water partition coefficient (Wildman–Crippen LogP) is 0.693. The molecule has 1 fully saturated rings. The smallest absolute Gasteiger partial charge is 0.246 e. The van der Waals surface area contributed by atoms with Crippen LogP contribution in [0.25, 0.3) is 0 Å². The van der Waals surface area contributed by atoms with Gasteiger partial charge in [-0.1, -0.05) is 18.2 Å². The minimum Gasteiger partial charge on any atom is -0.324 e. The Bertz CT molecular complexity index is 651. The number of piperidine rings is 1. The van der Waals surface area contributed by atoms with Gasteiger partial charge in [0.2, 0.25) is 15.9 Å². The van der Waals surface area contributed by atoms with Gasteiger partial charge in [0, 0.05) is 30.4 Å². The zero-order chi connectivity index (χ0) is 15.0. The molecule has 0 aliphatic carbocycles. The van der Waals surface area contributed by atoms with Crippen molar-refractivity contribution in [1.29, 1.82) is 0 Å². The van der Waals surface area contributed by atoms with Crippen molar-refractivity contribution in [3.63, 3.8) is 0 Å². The summed E-state index contributed by atoms with van der Waals surface area (Å²) >= 11 is 0. The molecule has 2 aliphatic rings. The van der Waals surface area contributed by atoms with Gasteiger partial charge in [0.1, 0.15) is 6.04 Å². The molecule has 0 aromatic heterocycles. The fraction of sp³-hybridized carbons (Fsp3) is 0.500. The van der Waals surface area contributed by atoms with Crippen LogP contribution in [0, 0.1) is 0 Å². The fourth-order valence-electron chi connectivity index (χ4n) is 2.96. The summed E-state index contributed by atoms with van der Waals surface area (Å²) in [5.74, 6) is -0.0401. The molecule has 0 spiro atoms. The van der Waals surface area contributed by atoms with E-state index in [9.17, 15) is 13.2 Å². The second kappa shape index (κ2) is 5.40. The molecule has 1 aromatic carbocycles. The molecule has 1 unspecified atom stereocenters. The van der Waals surface area contributed by atoms with Crippen LogP contribution in [0.3, 0.4) is 0 Å². The second-order valence-electron chi connectivity index (χ2n) is 5.61. The van der Waals surface area contributed by atoms with Gasteiger partial charge in [0.25, 0.3) is 0 Å². The molecule has 2 heterocycles. The first-order valence-electron chi connectivity index (χ1n) is 7.06. The van der Waals surface area contributed by atoms with Crippen molar-refractivity contribution in [3.8, 4) is 0 Å². The van der Waals surface area contributed by atoms with Crippen LogP contribution in [0.4, 0.5) is 5.69 Å². The number of carbonyl (C=O) groups excluding carboxylic acids is 1. The minimum absolute atomic E-state index is 0.0401. The molecule has 1 atom stereocenters. The molecule has 0 bridgehead atoms. The van der Waals surface area contributed by atoms with E-state index in [1.54, 1.807) is 0 Å². The van der Waals surface area contributed by atoms with Crippen molar-refractivity contribution in [2.24, 2.45) is 0 Å². The highest BCUT2D eigenvalue weighted by molar-refractivity contribution is 7.88. The first-order chi connectivity index (χ1) is 9.95. The summed E-state index contributed by atoms with van der Waals surface area (Å²) < 4.78 is 24.5. The van der Waals surface area contributed by atoms with Gasteiger partial charge in [0.05, 0.1) is 6.26 Å². The SMILES string of the molecule is CS(=O)(=O)N1CCC(NC2C(=O)Nc3ccccc32)CC1. The monoisotopic (exact) mass is 309 g/mol. The number of hydrogen-bond acceptors (Lipinski definition) is 4. The van der Waals surface area contributed by atoms with Crippen molar-refractivity contribution >= 4 is 21.6 Å². The van der Waals surface area contributed by atoms with E-state index in [0.717, 1.165) is 24.1 Å². The third-order valence-corrected chi connectivity index (χ3v) is 5.42. The lowest BCUT2D eigenvalue weighted by molar-refractivity contribution is -0.117. The van der Waals surface area contributed by atoms with Crippen LogP contribution in [0.1, 0.15) is 24.4 Å². The van der Waals surface area contributed by atoms with Crippen LogP contribution in [-0.2, 0) is 14.8 Å². The lowest BCUT2D eigenvalue weighted by Gasteiger charge is -2.32. The summed E-state index contributed by atoms with van der Waals surface area (Å²) in [7, 11) is -3.11. The molecule has 114 valence electrons. The zero-order valence-electron chi connectivity index (χ0n) is 11.9. The molecule has 3 rings (SSSR count). The van der Waals surface area contributed by atoms with Crippen molar-refractivity contribution in [2.45, 2.75) is 24.9 Å². The number of rotatable bonds is 3. The van der Waals surface area contributed by atoms with Gasteiger partial charge in [-0.25, -0.2) is 12.7 Å². The van der Waals surface area contributed by atoms with Crippen LogP contribution < -0.4 is 10.6 Å². The first-order valence-corrected chi connectivity index (χ1v) is 8.91. The number of carbonyl (C=O) groups is 1. The van der Waals surface area contributed by atoms with Gasteiger partial charge < -0.3 is 5.32 Å². The standard InChI is InChI=1S/C14H19N3O3S/c1-21(19,20)17-8-6-10(7-9-17)15-13-11-4-2-3-5-12(11)16-14(13)18/h2-5,10,13,15H,6-9H2,1H3,(H,16,18). The van der Waals surface area contributed by atoms with E-state index < -0.39 is 10.0 Å². The number of fused-ring (bicyclic) bond motifs is 1. The average molecular weight is 309 g/mol. The maximum atomic E-state index is 12.0. The highest BCUT2D eigenvalue weighted by Gasteiger charge is 2.33.